The highest BCUT2D eigenvalue weighted by Gasteiger charge is 2.17. The molecule has 1 amide bonds. The molecule has 0 aromatic heterocycles. The second kappa shape index (κ2) is 7.58. The number of amidine groups is 1. The molecule has 0 spiro atoms. The van der Waals surface area contributed by atoms with E-state index in [-0.39, 0.29) is 5.91 Å². The van der Waals surface area contributed by atoms with E-state index < -0.39 is 0 Å². The SMILES string of the molecule is CCC1CN=C(NCCC(=O)N(CC)CC)S1. The van der Waals surface area contributed by atoms with Crippen LogP contribution in [0.5, 0.6) is 0 Å². The summed E-state index contributed by atoms with van der Waals surface area (Å²) >= 11 is 1.80. The smallest absolute Gasteiger partial charge is 0.224 e. The van der Waals surface area contributed by atoms with Crippen molar-refractivity contribution in [3.05, 3.63) is 0 Å². The number of thioether (sulfide) groups is 1. The molecule has 1 N–H and O–H groups in total. The quantitative estimate of drug-likeness (QED) is 0.788. The van der Waals surface area contributed by atoms with Crippen LogP contribution in [0.15, 0.2) is 4.99 Å². The number of carbonyl (C=O) groups is 1. The van der Waals surface area contributed by atoms with E-state index in [0.29, 0.717) is 18.2 Å². The first-order valence-electron chi connectivity index (χ1n) is 6.43. The minimum atomic E-state index is 0.220. The van der Waals surface area contributed by atoms with Crippen molar-refractivity contribution in [2.24, 2.45) is 4.99 Å². The largest absolute Gasteiger partial charge is 0.364 e. The number of hydrogen-bond donors (Lipinski definition) is 1. The molecule has 1 unspecified atom stereocenters. The van der Waals surface area contributed by atoms with Crippen LogP contribution in [0.25, 0.3) is 0 Å². The summed E-state index contributed by atoms with van der Waals surface area (Å²) in [5.41, 5.74) is 0. The molecule has 1 heterocycles. The maximum atomic E-state index is 11.7. The fourth-order valence-corrected chi connectivity index (χ4v) is 2.70. The average Bonchev–Trinajstić information content (AvgIpc) is 2.78. The molecule has 1 rings (SSSR count). The van der Waals surface area contributed by atoms with Gasteiger partial charge in [-0.25, -0.2) is 0 Å². The molecule has 0 aromatic carbocycles. The summed E-state index contributed by atoms with van der Waals surface area (Å²) in [4.78, 5) is 18.0. The van der Waals surface area contributed by atoms with Crippen molar-refractivity contribution in [3.63, 3.8) is 0 Å². The second-order valence-electron chi connectivity index (χ2n) is 4.04. The Bertz CT molecular complexity index is 277. The molecule has 0 fully saturated rings. The van der Waals surface area contributed by atoms with Crippen LogP contribution in [0.3, 0.4) is 0 Å². The summed E-state index contributed by atoms with van der Waals surface area (Å²) in [5, 5.41) is 4.87. The van der Waals surface area contributed by atoms with E-state index in [2.05, 4.69) is 17.2 Å². The number of hydrogen-bond acceptors (Lipinski definition) is 4. The highest BCUT2D eigenvalue weighted by Crippen LogP contribution is 2.21. The Labute approximate surface area is 108 Å². The van der Waals surface area contributed by atoms with Crippen LogP contribution >= 0.6 is 11.8 Å². The molecule has 0 radical (unpaired) electrons. The fourth-order valence-electron chi connectivity index (χ4n) is 1.74. The van der Waals surface area contributed by atoms with Gasteiger partial charge in [0.25, 0.3) is 0 Å². The molecule has 0 aromatic rings. The summed E-state index contributed by atoms with van der Waals surface area (Å²) in [6.07, 6.45) is 1.70. The fraction of sp³-hybridized carbons (Fsp3) is 0.833. The molecular formula is C12H23N3OS. The van der Waals surface area contributed by atoms with Gasteiger partial charge in [0.05, 0.1) is 6.54 Å². The number of rotatable bonds is 6. The van der Waals surface area contributed by atoms with Crippen molar-refractivity contribution in [2.75, 3.05) is 26.2 Å². The van der Waals surface area contributed by atoms with Crippen molar-refractivity contribution in [1.82, 2.24) is 10.2 Å². The first kappa shape index (κ1) is 14.4. The normalized spacial score (nSPS) is 19.0. The zero-order chi connectivity index (χ0) is 12.7. The van der Waals surface area contributed by atoms with Gasteiger partial charge in [0.2, 0.25) is 5.91 Å². The van der Waals surface area contributed by atoms with Crippen molar-refractivity contribution < 1.29 is 4.79 Å². The Morgan fingerprint density at radius 1 is 1.47 bits per heavy atom. The van der Waals surface area contributed by atoms with Gasteiger partial charge in [-0.1, -0.05) is 18.7 Å². The highest BCUT2D eigenvalue weighted by molar-refractivity contribution is 8.14. The molecule has 5 heteroatoms. The summed E-state index contributed by atoms with van der Waals surface area (Å²) in [6, 6.07) is 0. The van der Waals surface area contributed by atoms with Gasteiger partial charge in [-0.15, -0.1) is 0 Å². The molecule has 4 nitrogen and oxygen atoms in total. The lowest BCUT2D eigenvalue weighted by Crippen LogP contribution is -2.33. The van der Waals surface area contributed by atoms with Gasteiger partial charge in [0.1, 0.15) is 0 Å². The standard InChI is InChI=1S/C12H23N3OS/c1-4-10-9-14-12(17-10)13-8-7-11(16)15(5-2)6-3/h10H,4-9H2,1-3H3,(H,13,14). The molecule has 1 aliphatic heterocycles. The van der Waals surface area contributed by atoms with Crippen LogP contribution in [-0.4, -0.2) is 47.4 Å². The van der Waals surface area contributed by atoms with Gasteiger partial charge >= 0.3 is 0 Å². The molecule has 0 saturated carbocycles. The molecular weight excluding hydrogens is 234 g/mol. The lowest BCUT2D eigenvalue weighted by Gasteiger charge is -2.18. The van der Waals surface area contributed by atoms with E-state index in [1.807, 2.05) is 18.7 Å². The van der Waals surface area contributed by atoms with Gasteiger partial charge in [0.15, 0.2) is 5.17 Å². The van der Waals surface area contributed by atoms with Crippen molar-refractivity contribution in [1.29, 1.82) is 0 Å². The molecule has 98 valence electrons. The Balaban J connectivity index is 2.18. The molecule has 1 aliphatic rings. The number of nitrogens with zero attached hydrogens (tertiary/aromatic N) is 2. The molecule has 0 aliphatic carbocycles. The zero-order valence-electron chi connectivity index (χ0n) is 11.0. The summed E-state index contributed by atoms with van der Waals surface area (Å²) in [5.74, 6) is 0.220. The van der Waals surface area contributed by atoms with Gasteiger partial charge < -0.3 is 10.2 Å². The van der Waals surface area contributed by atoms with Gasteiger partial charge in [-0.3, -0.25) is 9.79 Å². The lowest BCUT2D eigenvalue weighted by molar-refractivity contribution is -0.130. The summed E-state index contributed by atoms with van der Waals surface area (Å²) in [6.45, 7) is 9.39. The van der Waals surface area contributed by atoms with Crippen molar-refractivity contribution in [3.8, 4) is 0 Å². The third-order valence-corrected chi connectivity index (χ3v) is 4.22. The van der Waals surface area contributed by atoms with E-state index in [0.717, 1.165) is 31.2 Å². The Kier molecular flexibility index (Phi) is 6.40. The number of nitrogens with one attached hydrogen (secondary N) is 1. The van der Waals surface area contributed by atoms with E-state index >= 15 is 0 Å². The van der Waals surface area contributed by atoms with Gasteiger partial charge in [-0.05, 0) is 20.3 Å². The topological polar surface area (TPSA) is 44.7 Å². The zero-order valence-corrected chi connectivity index (χ0v) is 11.8. The predicted molar refractivity (Wildman–Crippen MR) is 74.5 cm³/mol. The maximum absolute atomic E-state index is 11.7. The predicted octanol–water partition coefficient (Wildman–Crippen LogP) is 1.72. The van der Waals surface area contributed by atoms with Gasteiger partial charge in [0, 0.05) is 31.3 Å². The van der Waals surface area contributed by atoms with Crippen LogP contribution < -0.4 is 5.32 Å². The Morgan fingerprint density at radius 2 is 2.18 bits per heavy atom. The number of aliphatic imine (C=N–C) groups is 1. The monoisotopic (exact) mass is 257 g/mol. The summed E-state index contributed by atoms with van der Waals surface area (Å²) < 4.78 is 0. The number of amides is 1. The number of carbonyl (C=O) groups excluding carboxylic acids is 1. The second-order valence-corrected chi connectivity index (χ2v) is 5.33. The first-order valence-corrected chi connectivity index (χ1v) is 7.31. The van der Waals surface area contributed by atoms with E-state index in [1.54, 1.807) is 11.8 Å². The Morgan fingerprint density at radius 3 is 2.71 bits per heavy atom. The first-order chi connectivity index (χ1) is 8.21. The molecule has 0 bridgehead atoms. The Hall–Kier alpha value is -0.710. The molecule has 1 atom stereocenters. The summed E-state index contributed by atoms with van der Waals surface area (Å²) in [7, 11) is 0. The van der Waals surface area contributed by atoms with Crippen LogP contribution in [0.1, 0.15) is 33.6 Å². The lowest BCUT2D eigenvalue weighted by atomic mass is 10.3. The van der Waals surface area contributed by atoms with Crippen LogP contribution in [-0.2, 0) is 4.79 Å². The van der Waals surface area contributed by atoms with Crippen molar-refractivity contribution in [2.45, 2.75) is 38.9 Å². The van der Waals surface area contributed by atoms with Crippen LogP contribution in [0.4, 0.5) is 0 Å². The van der Waals surface area contributed by atoms with E-state index in [1.165, 1.54) is 0 Å². The van der Waals surface area contributed by atoms with E-state index in [9.17, 15) is 4.79 Å². The maximum Gasteiger partial charge on any atom is 0.224 e. The van der Waals surface area contributed by atoms with Gasteiger partial charge in [-0.2, -0.15) is 0 Å². The van der Waals surface area contributed by atoms with Crippen LogP contribution in [0.2, 0.25) is 0 Å². The third kappa shape index (κ3) is 4.58. The molecule has 0 saturated heterocycles. The van der Waals surface area contributed by atoms with Crippen LogP contribution in [0, 0.1) is 0 Å². The van der Waals surface area contributed by atoms with E-state index in [4.69, 9.17) is 0 Å². The molecule has 17 heavy (non-hydrogen) atoms. The van der Waals surface area contributed by atoms with Crippen molar-refractivity contribution >= 4 is 22.8 Å². The average molecular weight is 257 g/mol. The third-order valence-electron chi connectivity index (χ3n) is 2.90. The minimum absolute atomic E-state index is 0.220. The minimum Gasteiger partial charge on any atom is -0.364 e. The highest BCUT2D eigenvalue weighted by atomic mass is 32.2.